The molecule has 1 atom stereocenters. The maximum Gasteiger partial charge on any atom is 0.306 e. The van der Waals surface area contributed by atoms with E-state index in [1.807, 2.05) is 0 Å². The number of unbranched alkanes of at least 4 members (excludes halogenated alkanes) is 44. The lowest BCUT2D eigenvalue weighted by molar-refractivity contribution is -0.167. The van der Waals surface area contributed by atoms with Crippen LogP contribution in [0, 0.1) is 0 Å². The summed E-state index contributed by atoms with van der Waals surface area (Å²) < 4.78 is 16.9. The van der Waals surface area contributed by atoms with Gasteiger partial charge in [0.15, 0.2) is 6.10 Å². The topological polar surface area (TPSA) is 78.9 Å². The molecule has 0 aliphatic heterocycles. The SMILES string of the molecule is CC/C=C\C/C=C\C/C=C\CCCCCC(=O)OCC(COC(=O)CCCCCCCCCCCCCCCCCCCCCCCCCCCCCCCCCC)OC(=O)CCCCCCC/C=C\CCCCCCC. The standard InChI is InChI=1S/C71H130O6/c1-4-7-10-13-16-19-22-25-27-28-29-30-31-32-33-34-35-36-37-38-39-40-41-42-43-44-47-49-52-55-58-61-64-70(73)76-67-68(66-75-69(72)63-60-57-54-51-48-45-24-21-18-15-12-9-6-3)77-71(74)65-62-59-56-53-50-46-26-23-20-17-14-11-8-5-2/h9,12,18,21,23,26,45,48,68H,4-8,10-11,13-17,19-20,22,24-25,27-44,46-47,49-67H2,1-3H3/b12-9-,21-18-,26-23-,48-45-. The van der Waals surface area contributed by atoms with Crippen LogP contribution < -0.4 is 0 Å². The number of hydrogen-bond donors (Lipinski definition) is 0. The molecule has 0 saturated heterocycles. The number of esters is 3. The summed E-state index contributed by atoms with van der Waals surface area (Å²) >= 11 is 0. The average molecular weight is 1080 g/mol. The first-order valence-corrected chi connectivity index (χ1v) is 34.1. The number of ether oxygens (including phenoxy) is 3. The molecule has 0 aromatic carbocycles. The minimum atomic E-state index is -0.788. The number of hydrogen-bond acceptors (Lipinski definition) is 6. The van der Waals surface area contributed by atoms with E-state index in [4.69, 9.17) is 14.2 Å². The van der Waals surface area contributed by atoms with E-state index < -0.39 is 6.10 Å². The van der Waals surface area contributed by atoms with Crippen molar-refractivity contribution in [2.45, 2.75) is 374 Å². The van der Waals surface area contributed by atoms with Crippen LogP contribution >= 0.6 is 0 Å². The van der Waals surface area contributed by atoms with Gasteiger partial charge >= 0.3 is 17.9 Å². The van der Waals surface area contributed by atoms with Crippen LogP contribution in [0.2, 0.25) is 0 Å². The third kappa shape index (κ3) is 64.1. The first-order chi connectivity index (χ1) is 38.0. The number of rotatable bonds is 63. The van der Waals surface area contributed by atoms with Gasteiger partial charge in [-0.15, -0.1) is 0 Å². The minimum Gasteiger partial charge on any atom is -0.462 e. The Bertz CT molecular complexity index is 1330. The summed E-state index contributed by atoms with van der Waals surface area (Å²) in [7, 11) is 0. The van der Waals surface area contributed by atoms with Crippen LogP contribution in [0.1, 0.15) is 367 Å². The van der Waals surface area contributed by atoms with Crippen LogP contribution in [0.4, 0.5) is 0 Å². The molecule has 0 saturated carbocycles. The van der Waals surface area contributed by atoms with Gasteiger partial charge in [-0.3, -0.25) is 14.4 Å². The van der Waals surface area contributed by atoms with Crippen LogP contribution in [0.5, 0.6) is 0 Å². The van der Waals surface area contributed by atoms with Crippen molar-refractivity contribution in [1.82, 2.24) is 0 Å². The molecule has 0 radical (unpaired) electrons. The summed E-state index contributed by atoms with van der Waals surface area (Å²) in [5.41, 5.74) is 0. The molecule has 450 valence electrons. The van der Waals surface area contributed by atoms with Crippen molar-refractivity contribution in [2.75, 3.05) is 13.2 Å². The molecule has 0 rings (SSSR count). The third-order valence-corrected chi connectivity index (χ3v) is 15.3. The summed E-state index contributed by atoms with van der Waals surface area (Å²) in [5.74, 6) is -0.903. The highest BCUT2D eigenvalue weighted by Gasteiger charge is 2.19. The van der Waals surface area contributed by atoms with Gasteiger partial charge < -0.3 is 14.2 Å². The van der Waals surface area contributed by atoms with Crippen molar-refractivity contribution in [2.24, 2.45) is 0 Å². The lowest BCUT2D eigenvalue weighted by Gasteiger charge is -2.18. The number of carbonyl (C=O) groups excluding carboxylic acids is 3. The van der Waals surface area contributed by atoms with E-state index in [0.717, 1.165) is 96.3 Å². The van der Waals surface area contributed by atoms with Crippen molar-refractivity contribution in [3.05, 3.63) is 48.6 Å². The van der Waals surface area contributed by atoms with Gasteiger partial charge in [0.2, 0.25) is 0 Å². The summed E-state index contributed by atoms with van der Waals surface area (Å²) in [6.07, 6.45) is 83.1. The van der Waals surface area contributed by atoms with Crippen LogP contribution in [-0.2, 0) is 28.6 Å². The first-order valence-electron chi connectivity index (χ1n) is 34.1. The Kier molecular flexibility index (Phi) is 63.6. The van der Waals surface area contributed by atoms with Crippen LogP contribution in [0.25, 0.3) is 0 Å². The molecular weight excluding hydrogens is 949 g/mol. The van der Waals surface area contributed by atoms with E-state index in [1.54, 1.807) is 0 Å². The summed E-state index contributed by atoms with van der Waals surface area (Å²) in [6.45, 7) is 6.54. The zero-order chi connectivity index (χ0) is 55.7. The molecule has 0 fully saturated rings. The van der Waals surface area contributed by atoms with Crippen molar-refractivity contribution in [3.8, 4) is 0 Å². The molecule has 0 aromatic heterocycles. The lowest BCUT2D eigenvalue weighted by atomic mass is 10.0. The molecule has 77 heavy (non-hydrogen) atoms. The van der Waals surface area contributed by atoms with Gasteiger partial charge in [0.1, 0.15) is 13.2 Å². The second kappa shape index (κ2) is 65.9. The van der Waals surface area contributed by atoms with Crippen molar-refractivity contribution in [1.29, 1.82) is 0 Å². The highest BCUT2D eigenvalue weighted by atomic mass is 16.6. The van der Waals surface area contributed by atoms with Crippen LogP contribution in [-0.4, -0.2) is 37.2 Å². The second-order valence-corrected chi connectivity index (χ2v) is 23.1. The smallest absolute Gasteiger partial charge is 0.306 e. The molecule has 1 unspecified atom stereocenters. The predicted octanol–water partition coefficient (Wildman–Crippen LogP) is 23.3. The van der Waals surface area contributed by atoms with E-state index in [1.165, 1.54) is 231 Å². The van der Waals surface area contributed by atoms with Crippen molar-refractivity contribution < 1.29 is 28.6 Å². The van der Waals surface area contributed by atoms with Gasteiger partial charge in [-0.05, 0) is 77.0 Å². The summed E-state index contributed by atoms with van der Waals surface area (Å²) in [4.78, 5) is 38.2. The Morgan fingerprint density at radius 1 is 0.273 bits per heavy atom. The molecule has 0 N–H and O–H groups in total. The maximum absolute atomic E-state index is 12.9. The molecule has 0 spiro atoms. The molecule has 0 amide bonds. The Labute approximate surface area is 479 Å². The molecular formula is C71H130O6. The monoisotopic (exact) mass is 1080 g/mol. The van der Waals surface area contributed by atoms with E-state index in [9.17, 15) is 14.4 Å². The zero-order valence-corrected chi connectivity index (χ0v) is 51.7. The van der Waals surface area contributed by atoms with Crippen LogP contribution in [0.15, 0.2) is 48.6 Å². The fraction of sp³-hybridized carbons (Fsp3) is 0.845. The van der Waals surface area contributed by atoms with Gasteiger partial charge in [0, 0.05) is 19.3 Å². The van der Waals surface area contributed by atoms with Gasteiger partial charge in [0.25, 0.3) is 0 Å². The molecule has 6 nitrogen and oxygen atoms in total. The van der Waals surface area contributed by atoms with Crippen molar-refractivity contribution in [3.63, 3.8) is 0 Å². The molecule has 0 heterocycles. The first kappa shape index (κ1) is 74.4. The fourth-order valence-corrected chi connectivity index (χ4v) is 10.2. The molecule has 0 bridgehead atoms. The highest BCUT2D eigenvalue weighted by molar-refractivity contribution is 5.71. The Hall–Kier alpha value is -2.63. The largest absolute Gasteiger partial charge is 0.462 e. The second-order valence-electron chi connectivity index (χ2n) is 23.1. The zero-order valence-electron chi connectivity index (χ0n) is 51.7. The van der Waals surface area contributed by atoms with Gasteiger partial charge in [0.05, 0.1) is 0 Å². The minimum absolute atomic E-state index is 0.0826. The maximum atomic E-state index is 12.9. The lowest BCUT2D eigenvalue weighted by Crippen LogP contribution is -2.30. The highest BCUT2D eigenvalue weighted by Crippen LogP contribution is 2.18. The van der Waals surface area contributed by atoms with Crippen molar-refractivity contribution >= 4 is 17.9 Å². The molecule has 6 heteroatoms. The van der Waals surface area contributed by atoms with Gasteiger partial charge in [-0.1, -0.05) is 320 Å². The number of allylic oxidation sites excluding steroid dienone is 8. The van der Waals surface area contributed by atoms with Gasteiger partial charge in [-0.2, -0.15) is 0 Å². The normalized spacial score (nSPS) is 12.3. The molecule has 0 aromatic rings. The molecule has 0 aliphatic carbocycles. The van der Waals surface area contributed by atoms with Gasteiger partial charge in [-0.25, -0.2) is 0 Å². The molecule has 0 aliphatic rings. The van der Waals surface area contributed by atoms with E-state index in [-0.39, 0.29) is 31.1 Å². The quantitative estimate of drug-likeness (QED) is 0.0261. The Morgan fingerprint density at radius 2 is 0.506 bits per heavy atom. The predicted molar refractivity (Wildman–Crippen MR) is 335 cm³/mol. The number of carbonyl (C=O) groups is 3. The third-order valence-electron chi connectivity index (χ3n) is 15.3. The fourth-order valence-electron chi connectivity index (χ4n) is 10.2. The Morgan fingerprint density at radius 3 is 0.818 bits per heavy atom. The van der Waals surface area contributed by atoms with E-state index in [0.29, 0.717) is 19.3 Å². The van der Waals surface area contributed by atoms with E-state index >= 15 is 0 Å². The average Bonchev–Trinajstić information content (AvgIpc) is 3.43. The Balaban J connectivity index is 4.09. The summed E-state index contributed by atoms with van der Waals surface area (Å²) in [6, 6.07) is 0. The van der Waals surface area contributed by atoms with E-state index in [2.05, 4.69) is 69.4 Å². The summed E-state index contributed by atoms with van der Waals surface area (Å²) in [5, 5.41) is 0. The van der Waals surface area contributed by atoms with Crippen LogP contribution in [0.3, 0.4) is 0 Å².